The Morgan fingerprint density at radius 1 is 1.10 bits per heavy atom. The van der Waals surface area contributed by atoms with Crippen molar-refractivity contribution in [2.24, 2.45) is 0 Å². The summed E-state index contributed by atoms with van der Waals surface area (Å²) in [6.07, 6.45) is 0. The number of nitrogens with one attached hydrogen (secondary N) is 1. The van der Waals surface area contributed by atoms with E-state index in [9.17, 15) is 0 Å². The summed E-state index contributed by atoms with van der Waals surface area (Å²) in [6, 6.07) is 17.4. The summed E-state index contributed by atoms with van der Waals surface area (Å²) in [5.74, 6) is 0.782. The van der Waals surface area contributed by atoms with Gasteiger partial charge in [0.2, 0.25) is 0 Å². The van der Waals surface area contributed by atoms with Crippen molar-refractivity contribution in [2.75, 3.05) is 13.2 Å². The summed E-state index contributed by atoms with van der Waals surface area (Å²) in [5.41, 5.74) is 2.78. The first-order chi connectivity index (χ1) is 10.3. The van der Waals surface area contributed by atoms with Crippen LogP contribution in [0.4, 0.5) is 0 Å². The normalized spacial score (nSPS) is 10.1. The summed E-state index contributed by atoms with van der Waals surface area (Å²) in [6.45, 7) is 1.65. The highest BCUT2D eigenvalue weighted by Gasteiger charge is 2.02. The van der Waals surface area contributed by atoms with E-state index in [4.69, 9.17) is 15.1 Å². The van der Waals surface area contributed by atoms with E-state index in [-0.39, 0.29) is 6.61 Å². The second kappa shape index (κ2) is 8.05. The van der Waals surface area contributed by atoms with Crippen LogP contribution in [0.15, 0.2) is 48.5 Å². The van der Waals surface area contributed by atoms with Crippen molar-refractivity contribution < 1.29 is 9.84 Å². The maximum absolute atomic E-state index is 8.88. The van der Waals surface area contributed by atoms with Gasteiger partial charge in [-0.2, -0.15) is 5.26 Å². The summed E-state index contributed by atoms with van der Waals surface area (Å²) in [5, 5.41) is 21.0. The van der Waals surface area contributed by atoms with Gasteiger partial charge in [-0.15, -0.1) is 0 Å². The largest absolute Gasteiger partial charge is 0.491 e. The molecule has 0 radical (unpaired) electrons. The molecular weight excluding hydrogens is 264 g/mol. The van der Waals surface area contributed by atoms with Gasteiger partial charge in [-0.1, -0.05) is 30.3 Å². The molecule has 108 valence electrons. The summed E-state index contributed by atoms with van der Waals surface area (Å²) >= 11 is 0. The molecule has 0 bridgehead atoms. The zero-order chi connectivity index (χ0) is 14.9. The zero-order valence-electron chi connectivity index (χ0n) is 11.7. The van der Waals surface area contributed by atoms with Crippen LogP contribution in [0, 0.1) is 11.3 Å². The van der Waals surface area contributed by atoms with Crippen molar-refractivity contribution >= 4 is 0 Å². The highest BCUT2D eigenvalue weighted by Crippen LogP contribution is 2.17. The lowest BCUT2D eigenvalue weighted by Crippen LogP contribution is -2.14. The van der Waals surface area contributed by atoms with E-state index in [0.717, 1.165) is 16.9 Å². The van der Waals surface area contributed by atoms with Crippen molar-refractivity contribution in [2.45, 2.75) is 13.1 Å². The molecule has 21 heavy (non-hydrogen) atoms. The number of aliphatic hydroxyl groups excluding tert-OH is 1. The molecule has 2 aromatic carbocycles. The Kier molecular flexibility index (Phi) is 5.77. The fourth-order valence-corrected chi connectivity index (χ4v) is 2.04. The zero-order valence-corrected chi connectivity index (χ0v) is 11.7. The van der Waals surface area contributed by atoms with Crippen LogP contribution < -0.4 is 10.1 Å². The summed E-state index contributed by atoms with van der Waals surface area (Å²) in [7, 11) is 0. The number of hydrogen-bond donors (Lipinski definition) is 2. The van der Waals surface area contributed by atoms with Gasteiger partial charge in [-0.05, 0) is 23.8 Å². The first kappa shape index (κ1) is 15.0. The number of benzene rings is 2. The molecule has 0 aliphatic carbocycles. The minimum absolute atomic E-state index is 0.00269. The van der Waals surface area contributed by atoms with Crippen LogP contribution in [-0.4, -0.2) is 18.3 Å². The lowest BCUT2D eigenvalue weighted by atomic mass is 10.1. The highest BCUT2D eigenvalue weighted by molar-refractivity contribution is 5.34. The van der Waals surface area contributed by atoms with Crippen molar-refractivity contribution in [1.29, 1.82) is 5.26 Å². The van der Waals surface area contributed by atoms with Crippen LogP contribution in [0.5, 0.6) is 5.75 Å². The van der Waals surface area contributed by atoms with Crippen molar-refractivity contribution in [1.82, 2.24) is 5.32 Å². The number of rotatable bonds is 7. The van der Waals surface area contributed by atoms with E-state index in [1.807, 2.05) is 42.5 Å². The summed E-state index contributed by atoms with van der Waals surface area (Å²) in [4.78, 5) is 0. The van der Waals surface area contributed by atoms with E-state index in [2.05, 4.69) is 11.4 Å². The molecule has 0 aliphatic rings. The Labute approximate surface area is 124 Å². The van der Waals surface area contributed by atoms with E-state index >= 15 is 0 Å². The predicted molar refractivity (Wildman–Crippen MR) is 80.7 cm³/mol. The number of nitriles is 1. The van der Waals surface area contributed by atoms with Gasteiger partial charge in [0.05, 0.1) is 18.2 Å². The molecule has 4 heteroatoms. The third-order valence-corrected chi connectivity index (χ3v) is 3.02. The molecule has 0 atom stereocenters. The van der Waals surface area contributed by atoms with Crippen molar-refractivity contribution in [3.8, 4) is 11.8 Å². The van der Waals surface area contributed by atoms with Gasteiger partial charge in [0.15, 0.2) is 0 Å². The standard InChI is InChI=1S/C17H18N2O2/c18-11-14-4-3-5-15(10-14)12-19-13-16-6-1-2-7-17(16)21-9-8-20/h1-7,10,19-20H,8-9,12-13H2. The molecule has 2 N–H and O–H groups in total. The maximum Gasteiger partial charge on any atom is 0.123 e. The lowest BCUT2D eigenvalue weighted by Gasteiger charge is -2.11. The number of para-hydroxylation sites is 1. The number of nitrogens with zero attached hydrogens (tertiary/aromatic N) is 1. The van der Waals surface area contributed by atoms with Crippen LogP contribution >= 0.6 is 0 Å². The van der Waals surface area contributed by atoms with Gasteiger partial charge in [0.1, 0.15) is 12.4 Å². The molecule has 2 rings (SSSR count). The second-order valence-corrected chi connectivity index (χ2v) is 4.60. The van der Waals surface area contributed by atoms with Crippen molar-refractivity contribution in [3.05, 3.63) is 65.2 Å². The van der Waals surface area contributed by atoms with Crippen LogP contribution in [0.25, 0.3) is 0 Å². The lowest BCUT2D eigenvalue weighted by molar-refractivity contribution is 0.200. The minimum atomic E-state index is 0.00269. The van der Waals surface area contributed by atoms with Gasteiger partial charge in [-0.3, -0.25) is 0 Å². The first-order valence-electron chi connectivity index (χ1n) is 6.85. The number of hydrogen-bond acceptors (Lipinski definition) is 4. The van der Waals surface area contributed by atoms with E-state index in [0.29, 0.717) is 25.3 Å². The Balaban J connectivity index is 1.92. The maximum atomic E-state index is 8.88. The molecule has 2 aromatic rings. The van der Waals surface area contributed by atoms with Crippen LogP contribution in [-0.2, 0) is 13.1 Å². The molecule has 0 heterocycles. The molecule has 0 spiro atoms. The topological polar surface area (TPSA) is 65.3 Å². The van der Waals surface area contributed by atoms with Gasteiger partial charge in [0.25, 0.3) is 0 Å². The minimum Gasteiger partial charge on any atom is -0.491 e. The molecule has 4 nitrogen and oxygen atoms in total. The Hall–Kier alpha value is -2.35. The first-order valence-corrected chi connectivity index (χ1v) is 6.85. The molecular formula is C17H18N2O2. The van der Waals surface area contributed by atoms with Gasteiger partial charge in [0, 0.05) is 18.7 Å². The van der Waals surface area contributed by atoms with E-state index in [1.54, 1.807) is 6.07 Å². The Bertz CT molecular complexity index is 620. The smallest absolute Gasteiger partial charge is 0.123 e. The molecule has 0 saturated heterocycles. The third-order valence-electron chi connectivity index (χ3n) is 3.02. The third kappa shape index (κ3) is 4.60. The quantitative estimate of drug-likeness (QED) is 0.817. The predicted octanol–water partition coefficient (Wildman–Crippen LogP) is 2.22. The molecule has 0 fully saturated rings. The van der Waals surface area contributed by atoms with Crippen LogP contribution in [0.2, 0.25) is 0 Å². The second-order valence-electron chi connectivity index (χ2n) is 4.60. The van der Waals surface area contributed by atoms with Gasteiger partial charge >= 0.3 is 0 Å². The van der Waals surface area contributed by atoms with Crippen LogP contribution in [0.1, 0.15) is 16.7 Å². The van der Waals surface area contributed by atoms with Crippen molar-refractivity contribution in [3.63, 3.8) is 0 Å². The van der Waals surface area contributed by atoms with E-state index < -0.39 is 0 Å². The molecule has 0 amide bonds. The fraction of sp³-hybridized carbons (Fsp3) is 0.235. The molecule has 0 saturated carbocycles. The average molecular weight is 282 g/mol. The Morgan fingerprint density at radius 3 is 2.76 bits per heavy atom. The number of aliphatic hydroxyl groups is 1. The highest BCUT2D eigenvalue weighted by atomic mass is 16.5. The molecule has 0 aromatic heterocycles. The fourth-order valence-electron chi connectivity index (χ4n) is 2.04. The van der Waals surface area contributed by atoms with Gasteiger partial charge in [-0.25, -0.2) is 0 Å². The number of ether oxygens (including phenoxy) is 1. The monoisotopic (exact) mass is 282 g/mol. The SMILES string of the molecule is N#Cc1cccc(CNCc2ccccc2OCCO)c1. The van der Waals surface area contributed by atoms with Crippen LogP contribution in [0.3, 0.4) is 0 Å². The molecule has 0 unspecified atom stereocenters. The summed E-state index contributed by atoms with van der Waals surface area (Å²) < 4.78 is 5.49. The molecule has 0 aliphatic heterocycles. The average Bonchev–Trinajstić information content (AvgIpc) is 2.54. The Morgan fingerprint density at radius 2 is 1.95 bits per heavy atom. The van der Waals surface area contributed by atoms with Gasteiger partial charge < -0.3 is 15.2 Å². The van der Waals surface area contributed by atoms with E-state index in [1.165, 1.54) is 0 Å².